The highest BCUT2D eigenvalue weighted by Gasteiger charge is 2.33. The first-order valence-corrected chi connectivity index (χ1v) is 6.04. The van der Waals surface area contributed by atoms with E-state index in [9.17, 15) is 0 Å². The van der Waals surface area contributed by atoms with Gasteiger partial charge in [0.1, 0.15) is 0 Å². The van der Waals surface area contributed by atoms with E-state index in [2.05, 4.69) is 39.6 Å². The van der Waals surface area contributed by atoms with Gasteiger partial charge in [-0.1, -0.05) is 26.0 Å². The fourth-order valence-corrected chi connectivity index (χ4v) is 1.92. The van der Waals surface area contributed by atoms with Crippen LogP contribution in [0.25, 0.3) is 0 Å². The average Bonchev–Trinajstić information content (AvgIpc) is 2.18. The first kappa shape index (κ1) is 14.7. The summed E-state index contributed by atoms with van der Waals surface area (Å²) in [5.41, 5.74) is 1.02. The second-order valence-electron chi connectivity index (χ2n) is 4.33. The molecule has 2 atom stereocenters. The standard InChI is InChI=1S/C13H27NO/c1-7-10-14-12(11(4)5)13(6,8-2)15-9-3/h12,14H,4,7-10H2,1-3,5-6H3. The van der Waals surface area contributed by atoms with E-state index >= 15 is 0 Å². The highest BCUT2D eigenvalue weighted by atomic mass is 16.5. The summed E-state index contributed by atoms with van der Waals surface area (Å²) in [5.74, 6) is 0. The maximum absolute atomic E-state index is 5.88. The molecular formula is C13H27NO. The van der Waals surface area contributed by atoms with Gasteiger partial charge in [0.05, 0.1) is 11.6 Å². The van der Waals surface area contributed by atoms with Crippen LogP contribution in [0.2, 0.25) is 0 Å². The van der Waals surface area contributed by atoms with Crippen LogP contribution >= 0.6 is 0 Å². The van der Waals surface area contributed by atoms with Gasteiger partial charge in [0.25, 0.3) is 0 Å². The summed E-state index contributed by atoms with van der Waals surface area (Å²) in [6, 6.07) is 0.252. The van der Waals surface area contributed by atoms with Gasteiger partial charge in [0.15, 0.2) is 0 Å². The minimum atomic E-state index is -0.129. The van der Waals surface area contributed by atoms with Crippen molar-refractivity contribution in [1.29, 1.82) is 0 Å². The molecule has 0 rings (SSSR count). The van der Waals surface area contributed by atoms with Crippen molar-refractivity contribution in [2.75, 3.05) is 13.2 Å². The Hall–Kier alpha value is -0.340. The molecule has 0 aliphatic carbocycles. The molecule has 0 radical (unpaired) electrons. The van der Waals surface area contributed by atoms with E-state index in [0.717, 1.165) is 31.6 Å². The molecular weight excluding hydrogens is 186 g/mol. The minimum Gasteiger partial charge on any atom is -0.374 e. The molecule has 0 aromatic carbocycles. The second kappa shape index (κ2) is 7.02. The van der Waals surface area contributed by atoms with Crippen molar-refractivity contribution in [3.63, 3.8) is 0 Å². The highest BCUT2D eigenvalue weighted by Crippen LogP contribution is 2.24. The molecule has 0 spiro atoms. The molecule has 0 saturated carbocycles. The second-order valence-corrected chi connectivity index (χ2v) is 4.33. The van der Waals surface area contributed by atoms with Crippen molar-refractivity contribution in [3.05, 3.63) is 12.2 Å². The predicted molar refractivity (Wildman–Crippen MR) is 67.2 cm³/mol. The topological polar surface area (TPSA) is 21.3 Å². The van der Waals surface area contributed by atoms with Gasteiger partial charge in [0, 0.05) is 6.61 Å². The van der Waals surface area contributed by atoms with Gasteiger partial charge < -0.3 is 10.1 Å². The number of hydrogen-bond acceptors (Lipinski definition) is 2. The van der Waals surface area contributed by atoms with E-state index in [4.69, 9.17) is 4.74 Å². The molecule has 2 nitrogen and oxygen atoms in total. The minimum absolute atomic E-state index is 0.129. The SMILES string of the molecule is C=C(C)C(NCCC)C(C)(CC)OCC. The monoisotopic (exact) mass is 213 g/mol. The first-order valence-electron chi connectivity index (χ1n) is 6.04. The van der Waals surface area contributed by atoms with E-state index in [1.165, 1.54) is 0 Å². The molecule has 2 heteroatoms. The molecule has 1 N–H and O–H groups in total. The number of hydrogen-bond donors (Lipinski definition) is 1. The van der Waals surface area contributed by atoms with Crippen molar-refractivity contribution in [2.45, 2.75) is 59.1 Å². The first-order chi connectivity index (χ1) is 7.01. The van der Waals surface area contributed by atoms with Crippen LogP contribution < -0.4 is 5.32 Å². The van der Waals surface area contributed by atoms with Crippen molar-refractivity contribution < 1.29 is 4.74 Å². The lowest BCUT2D eigenvalue weighted by Crippen LogP contribution is -2.51. The van der Waals surface area contributed by atoms with Gasteiger partial charge in [-0.3, -0.25) is 0 Å². The molecule has 2 unspecified atom stereocenters. The third-order valence-electron chi connectivity index (χ3n) is 2.88. The normalized spacial score (nSPS) is 17.1. The van der Waals surface area contributed by atoms with Gasteiger partial charge in [-0.25, -0.2) is 0 Å². The summed E-state index contributed by atoms with van der Waals surface area (Å²) in [5, 5.41) is 3.52. The third-order valence-corrected chi connectivity index (χ3v) is 2.88. The van der Waals surface area contributed by atoms with Crippen LogP contribution in [0.4, 0.5) is 0 Å². The Morgan fingerprint density at radius 1 is 1.40 bits per heavy atom. The van der Waals surface area contributed by atoms with Gasteiger partial charge >= 0.3 is 0 Å². The Kier molecular flexibility index (Phi) is 6.86. The van der Waals surface area contributed by atoms with Crippen LogP contribution in [0, 0.1) is 0 Å². The van der Waals surface area contributed by atoms with Gasteiger partial charge in [0.2, 0.25) is 0 Å². The molecule has 0 aromatic heterocycles. The molecule has 0 saturated heterocycles. The molecule has 0 aliphatic rings. The zero-order chi connectivity index (χ0) is 11.9. The zero-order valence-corrected chi connectivity index (χ0v) is 11.0. The van der Waals surface area contributed by atoms with Crippen LogP contribution in [0.3, 0.4) is 0 Å². The van der Waals surface area contributed by atoms with Crippen LogP contribution in [-0.2, 0) is 4.74 Å². The van der Waals surface area contributed by atoms with Crippen molar-refractivity contribution in [2.24, 2.45) is 0 Å². The fraction of sp³-hybridized carbons (Fsp3) is 0.846. The Labute approximate surface area is 95.1 Å². The van der Waals surface area contributed by atoms with Gasteiger partial charge in [-0.05, 0) is 40.2 Å². The lowest BCUT2D eigenvalue weighted by Gasteiger charge is -2.38. The average molecular weight is 213 g/mol. The maximum Gasteiger partial charge on any atom is 0.0842 e. The van der Waals surface area contributed by atoms with E-state index < -0.39 is 0 Å². The summed E-state index contributed by atoms with van der Waals surface area (Å²) in [7, 11) is 0. The van der Waals surface area contributed by atoms with Crippen LogP contribution in [0.1, 0.15) is 47.5 Å². The molecule has 90 valence electrons. The molecule has 0 aliphatic heterocycles. The Morgan fingerprint density at radius 2 is 2.00 bits per heavy atom. The van der Waals surface area contributed by atoms with E-state index in [-0.39, 0.29) is 11.6 Å². The molecule has 0 aromatic rings. The molecule has 0 amide bonds. The molecule has 0 fully saturated rings. The third kappa shape index (κ3) is 4.35. The smallest absolute Gasteiger partial charge is 0.0842 e. The van der Waals surface area contributed by atoms with E-state index in [1.807, 2.05) is 6.92 Å². The lowest BCUT2D eigenvalue weighted by molar-refractivity contribution is -0.0463. The summed E-state index contributed by atoms with van der Waals surface area (Å²) < 4.78 is 5.88. The quantitative estimate of drug-likeness (QED) is 0.625. The van der Waals surface area contributed by atoms with E-state index in [0.29, 0.717) is 0 Å². The molecule has 15 heavy (non-hydrogen) atoms. The van der Waals surface area contributed by atoms with Gasteiger partial charge in [-0.15, -0.1) is 0 Å². The van der Waals surface area contributed by atoms with Crippen LogP contribution in [0.5, 0.6) is 0 Å². The van der Waals surface area contributed by atoms with Crippen molar-refractivity contribution >= 4 is 0 Å². The summed E-state index contributed by atoms with van der Waals surface area (Å²) in [6.45, 7) is 16.4. The summed E-state index contributed by atoms with van der Waals surface area (Å²) in [6.07, 6.45) is 2.13. The molecule has 0 bridgehead atoms. The van der Waals surface area contributed by atoms with Crippen molar-refractivity contribution in [3.8, 4) is 0 Å². The summed E-state index contributed by atoms with van der Waals surface area (Å²) >= 11 is 0. The predicted octanol–water partition coefficient (Wildman–Crippen LogP) is 3.14. The fourth-order valence-electron chi connectivity index (χ4n) is 1.92. The zero-order valence-electron chi connectivity index (χ0n) is 11.0. The molecule has 0 heterocycles. The maximum atomic E-state index is 5.88. The number of rotatable bonds is 8. The van der Waals surface area contributed by atoms with Gasteiger partial charge in [-0.2, -0.15) is 0 Å². The Balaban J connectivity index is 4.60. The lowest BCUT2D eigenvalue weighted by atomic mass is 9.88. The van der Waals surface area contributed by atoms with E-state index in [1.54, 1.807) is 0 Å². The van der Waals surface area contributed by atoms with Crippen LogP contribution in [-0.4, -0.2) is 24.8 Å². The number of nitrogens with one attached hydrogen (secondary N) is 1. The van der Waals surface area contributed by atoms with Crippen LogP contribution in [0.15, 0.2) is 12.2 Å². The Bertz CT molecular complexity index is 191. The van der Waals surface area contributed by atoms with Crippen molar-refractivity contribution in [1.82, 2.24) is 5.32 Å². The highest BCUT2D eigenvalue weighted by molar-refractivity contribution is 5.10. The summed E-state index contributed by atoms with van der Waals surface area (Å²) in [4.78, 5) is 0. The number of ether oxygens (including phenoxy) is 1. The Morgan fingerprint density at radius 3 is 2.33 bits per heavy atom. The largest absolute Gasteiger partial charge is 0.374 e.